The van der Waals surface area contributed by atoms with Crippen LogP contribution in [0.1, 0.15) is 5.56 Å². The molecule has 27 heavy (non-hydrogen) atoms. The van der Waals surface area contributed by atoms with E-state index in [-0.39, 0.29) is 6.61 Å². The van der Waals surface area contributed by atoms with E-state index < -0.39 is 17.8 Å². The summed E-state index contributed by atoms with van der Waals surface area (Å²) in [4.78, 5) is 2.13. The van der Waals surface area contributed by atoms with E-state index in [0.29, 0.717) is 31.1 Å². The molecule has 0 saturated carbocycles. The Bertz CT molecular complexity index is 711. The van der Waals surface area contributed by atoms with E-state index in [0.717, 1.165) is 30.8 Å². The second-order valence-corrected chi connectivity index (χ2v) is 6.48. The summed E-state index contributed by atoms with van der Waals surface area (Å²) in [6, 6.07) is 12.1. The summed E-state index contributed by atoms with van der Waals surface area (Å²) in [6.07, 6.45) is -4.93. The molecule has 3 rings (SSSR count). The Morgan fingerprint density at radius 1 is 0.963 bits per heavy atom. The van der Waals surface area contributed by atoms with E-state index in [1.54, 1.807) is 24.3 Å². The third-order valence-corrected chi connectivity index (χ3v) is 4.41. The molecule has 1 aliphatic heterocycles. The summed E-state index contributed by atoms with van der Waals surface area (Å²) in [5, 5.41) is 10.1. The van der Waals surface area contributed by atoms with Gasteiger partial charge >= 0.3 is 6.18 Å². The Labute approximate surface area is 156 Å². The molecule has 2 aromatic carbocycles. The Balaban J connectivity index is 1.52. The number of nitrogens with zero attached hydrogens (tertiary/aromatic N) is 1. The minimum atomic E-state index is -4.34. The zero-order valence-corrected chi connectivity index (χ0v) is 14.8. The van der Waals surface area contributed by atoms with E-state index in [1.165, 1.54) is 12.1 Å². The van der Waals surface area contributed by atoms with E-state index in [1.807, 2.05) is 0 Å². The van der Waals surface area contributed by atoms with Gasteiger partial charge in [-0.05, 0) is 35.4 Å². The highest BCUT2D eigenvalue weighted by atomic mass is 19.4. The van der Waals surface area contributed by atoms with Gasteiger partial charge in [-0.15, -0.1) is 0 Å². The van der Waals surface area contributed by atoms with Gasteiger partial charge < -0.3 is 14.6 Å². The van der Waals surface area contributed by atoms with Gasteiger partial charge in [-0.1, -0.05) is 24.3 Å². The Kier molecular flexibility index (Phi) is 6.36. The van der Waals surface area contributed by atoms with Gasteiger partial charge in [0.15, 0.2) is 0 Å². The summed E-state index contributed by atoms with van der Waals surface area (Å²) in [6.45, 7) is 3.68. The number of aliphatic hydroxyl groups is 1. The lowest BCUT2D eigenvalue weighted by Crippen LogP contribution is -2.42. The fraction of sp³-hybridized carbons (Fsp3) is 0.400. The van der Waals surface area contributed by atoms with Crippen molar-refractivity contribution in [3.63, 3.8) is 0 Å². The molecule has 1 saturated heterocycles. The molecule has 2 aromatic rings. The van der Waals surface area contributed by atoms with Gasteiger partial charge in [-0.2, -0.15) is 13.2 Å². The first kappa shape index (κ1) is 19.7. The van der Waals surface area contributed by atoms with Gasteiger partial charge in [0.2, 0.25) is 0 Å². The lowest BCUT2D eigenvalue weighted by Gasteiger charge is -2.28. The molecule has 7 heteroatoms. The number of morpholine rings is 1. The van der Waals surface area contributed by atoms with Gasteiger partial charge in [0.1, 0.15) is 18.5 Å². The number of hydrogen-bond donors (Lipinski definition) is 1. The van der Waals surface area contributed by atoms with Crippen LogP contribution < -0.4 is 4.74 Å². The number of ether oxygens (including phenoxy) is 2. The molecule has 0 bridgehead atoms. The zero-order chi connectivity index (χ0) is 19.3. The van der Waals surface area contributed by atoms with Gasteiger partial charge in [0.05, 0.1) is 18.8 Å². The maximum Gasteiger partial charge on any atom is 0.416 e. The van der Waals surface area contributed by atoms with E-state index in [9.17, 15) is 18.3 Å². The largest absolute Gasteiger partial charge is 0.491 e. The van der Waals surface area contributed by atoms with Crippen LogP contribution in [0.5, 0.6) is 5.75 Å². The van der Waals surface area contributed by atoms with Crippen LogP contribution in [0.2, 0.25) is 0 Å². The molecule has 1 heterocycles. The number of halogens is 3. The second kappa shape index (κ2) is 8.73. The number of alkyl halides is 3. The Morgan fingerprint density at radius 3 is 2.07 bits per heavy atom. The molecular weight excluding hydrogens is 359 g/mol. The number of β-amino-alcohol motifs (C(OH)–C–C–N with tert-alkyl or cyclic N) is 1. The molecule has 0 spiro atoms. The maximum atomic E-state index is 12.6. The van der Waals surface area contributed by atoms with Crippen molar-refractivity contribution in [2.24, 2.45) is 0 Å². The minimum Gasteiger partial charge on any atom is -0.491 e. The van der Waals surface area contributed by atoms with Crippen molar-refractivity contribution >= 4 is 0 Å². The first-order valence-electron chi connectivity index (χ1n) is 8.80. The Morgan fingerprint density at radius 2 is 1.52 bits per heavy atom. The first-order valence-corrected chi connectivity index (χ1v) is 8.80. The third-order valence-electron chi connectivity index (χ3n) is 4.41. The summed E-state index contributed by atoms with van der Waals surface area (Å²) in [5.74, 6) is 0.603. The molecule has 1 N–H and O–H groups in total. The maximum absolute atomic E-state index is 12.6. The first-order chi connectivity index (χ1) is 12.9. The molecule has 0 aromatic heterocycles. The predicted molar refractivity (Wildman–Crippen MR) is 95.6 cm³/mol. The smallest absolute Gasteiger partial charge is 0.416 e. The van der Waals surface area contributed by atoms with Crippen molar-refractivity contribution in [1.29, 1.82) is 0 Å². The van der Waals surface area contributed by atoms with E-state index in [4.69, 9.17) is 9.47 Å². The molecule has 1 unspecified atom stereocenters. The molecular formula is C20H22F3NO3. The summed E-state index contributed by atoms with van der Waals surface area (Å²) >= 11 is 0. The summed E-state index contributed by atoms with van der Waals surface area (Å²) < 4.78 is 48.8. The molecule has 0 aliphatic carbocycles. The fourth-order valence-corrected chi connectivity index (χ4v) is 2.92. The van der Waals surface area contributed by atoms with Gasteiger partial charge in [0, 0.05) is 19.6 Å². The summed E-state index contributed by atoms with van der Waals surface area (Å²) in [5.41, 5.74) is 0.826. The molecule has 1 atom stereocenters. The second-order valence-electron chi connectivity index (χ2n) is 6.48. The SMILES string of the molecule is OC(COc1ccc(-c2ccc(C(F)(F)F)cc2)cc1)CN1CCOCC1. The zero-order valence-electron chi connectivity index (χ0n) is 14.8. The lowest BCUT2D eigenvalue weighted by molar-refractivity contribution is -0.137. The van der Waals surface area contributed by atoms with Gasteiger partial charge in [0.25, 0.3) is 0 Å². The normalized spacial score (nSPS) is 16.9. The van der Waals surface area contributed by atoms with Crippen molar-refractivity contribution in [1.82, 2.24) is 4.90 Å². The van der Waals surface area contributed by atoms with E-state index in [2.05, 4.69) is 4.90 Å². The molecule has 146 valence electrons. The van der Waals surface area contributed by atoms with Crippen LogP contribution in [0.25, 0.3) is 11.1 Å². The van der Waals surface area contributed by atoms with Crippen molar-refractivity contribution in [3.8, 4) is 16.9 Å². The van der Waals surface area contributed by atoms with Crippen molar-refractivity contribution in [2.75, 3.05) is 39.5 Å². The summed E-state index contributed by atoms with van der Waals surface area (Å²) in [7, 11) is 0. The lowest BCUT2D eigenvalue weighted by atomic mass is 10.0. The molecule has 0 amide bonds. The highest BCUT2D eigenvalue weighted by Crippen LogP contribution is 2.31. The molecule has 1 aliphatic rings. The number of benzene rings is 2. The highest BCUT2D eigenvalue weighted by Gasteiger charge is 2.29. The highest BCUT2D eigenvalue weighted by molar-refractivity contribution is 5.64. The van der Waals surface area contributed by atoms with Crippen LogP contribution in [0, 0.1) is 0 Å². The quantitative estimate of drug-likeness (QED) is 0.832. The van der Waals surface area contributed by atoms with E-state index >= 15 is 0 Å². The Hall–Kier alpha value is -2.09. The topological polar surface area (TPSA) is 41.9 Å². The van der Waals surface area contributed by atoms with Crippen LogP contribution in [-0.2, 0) is 10.9 Å². The minimum absolute atomic E-state index is 0.178. The number of aliphatic hydroxyl groups excluding tert-OH is 1. The number of rotatable bonds is 6. The van der Waals surface area contributed by atoms with Crippen molar-refractivity contribution < 1.29 is 27.8 Å². The fourth-order valence-electron chi connectivity index (χ4n) is 2.92. The van der Waals surface area contributed by atoms with Crippen LogP contribution in [0.4, 0.5) is 13.2 Å². The van der Waals surface area contributed by atoms with Crippen molar-refractivity contribution in [3.05, 3.63) is 54.1 Å². The molecule has 4 nitrogen and oxygen atoms in total. The molecule has 1 fully saturated rings. The molecule has 0 radical (unpaired) electrons. The van der Waals surface area contributed by atoms with Gasteiger partial charge in [-0.3, -0.25) is 4.90 Å². The van der Waals surface area contributed by atoms with Crippen LogP contribution >= 0.6 is 0 Å². The van der Waals surface area contributed by atoms with Crippen molar-refractivity contribution in [2.45, 2.75) is 12.3 Å². The monoisotopic (exact) mass is 381 g/mol. The average molecular weight is 381 g/mol. The van der Waals surface area contributed by atoms with Gasteiger partial charge in [-0.25, -0.2) is 0 Å². The standard InChI is InChI=1S/C20H22F3NO3/c21-20(22,23)17-5-1-15(2-6-17)16-3-7-19(8-4-16)27-14-18(25)13-24-9-11-26-12-10-24/h1-8,18,25H,9-14H2. The predicted octanol–water partition coefficient (Wildman–Crippen LogP) is 3.44. The van der Waals surface area contributed by atoms with Crippen LogP contribution in [-0.4, -0.2) is 55.6 Å². The third kappa shape index (κ3) is 5.69. The number of hydrogen-bond acceptors (Lipinski definition) is 4. The average Bonchev–Trinajstić information content (AvgIpc) is 2.67. The van der Waals surface area contributed by atoms with Crippen LogP contribution in [0.15, 0.2) is 48.5 Å². The van der Waals surface area contributed by atoms with Crippen LogP contribution in [0.3, 0.4) is 0 Å².